The predicted molar refractivity (Wildman–Crippen MR) is 151 cm³/mol. The highest BCUT2D eigenvalue weighted by atomic mass is 35.5. The van der Waals surface area contributed by atoms with Crippen LogP contribution >= 0.6 is 11.6 Å². The van der Waals surface area contributed by atoms with Crippen LogP contribution < -0.4 is 10.2 Å². The van der Waals surface area contributed by atoms with Gasteiger partial charge in [-0.3, -0.25) is 40.5 Å². The molecule has 0 aromatic carbocycles. The van der Waals surface area contributed by atoms with E-state index in [2.05, 4.69) is 34.3 Å². The van der Waals surface area contributed by atoms with E-state index in [9.17, 15) is 40.5 Å². The van der Waals surface area contributed by atoms with Crippen molar-refractivity contribution in [2.75, 3.05) is 73.4 Å². The Balaban J connectivity index is 0. The monoisotopic (exact) mass is 590 g/mol. The Bertz CT molecular complexity index is 1140. The average molecular weight is 591 g/mol. The van der Waals surface area contributed by atoms with Crippen molar-refractivity contribution < 1.29 is 19.7 Å². The summed E-state index contributed by atoms with van der Waals surface area (Å²) < 4.78 is 0. The maximum absolute atomic E-state index is 10.9. The van der Waals surface area contributed by atoms with E-state index in [1.54, 1.807) is 11.9 Å². The molecular formula is C21H35ClN10O8. The first-order valence-electron chi connectivity index (χ1n) is 11.0. The molecule has 19 heteroatoms. The second-order valence-electron chi connectivity index (χ2n) is 8.20. The van der Waals surface area contributed by atoms with E-state index in [1.165, 1.54) is 0 Å². The minimum Gasteiger partial charge on any atom is -0.353 e. The molecule has 0 radical (unpaired) electrons. The van der Waals surface area contributed by atoms with Gasteiger partial charge in [0.05, 0.1) is 31.8 Å². The van der Waals surface area contributed by atoms with Crippen LogP contribution in [0.1, 0.15) is 7.43 Å². The lowest BCUT2D eigenvalue weighted by Crippen LogP contribution is -2.29. The quantitative estimate of drug-likeness (QED) is 0.226. The molecule has 0 fully saturated rings. The summed E-state index contributed by atoms with van der Waals surface area (Å²) in [6.45, 7) is 3.41. The van der Waals surface area contributed by atoms with Crippen LogP contribution in [0.15, 0.2) is 24.5 Å². The van der Waals surface area contributed by atoms with E-state index < -0.39 is 36.8 Å². The van der Waals surface area contributed by atoms with E-state index in [1.807, 2.05) is 26.0 Å². The van der Waals surface area contributed by atoms with Gasteiger partial charge in [-0.1, -0.05) is 19.0 Å². The smallest absolute Gasteiger partial charge is 0.318 e. The lowest BCUT2D eigenvalue weighted by molar-refractivity contribution is -0.394. The van der Waals surface area contributed by atoms with Crippen molar-refractivity contribution in [1.82, 2.24) is 25.1 Å². The van der Waals surface area contributed by atoms with Crippen molar-refractivity contribution in [1.29, 1.82) is 0 Å². The molecular weight excluding hydrogens is 556 g/mol. The van der Waals surface area contributed by atoms with Gasteiger partial charge in [-0.15, -0.1) is 0 Å². The predicted octanol–water partition coefficient (Wildman–Crippen LogP) is 2.85. The summed E-state index contributed by atoms with van der Waals surface area (Å²) in [7, 11) is 11.5. The average Bonchev–Trinajstić information content (AvgIpc) is 2.86. The zero-order valence-corrected chi connectivity index (χ0v) is 23.1. The van der Waals surface area contributed by atoms with Gasteiger partial charge in [0, 0.05) is 33.2 Å². The van der Waals surface area contributed by atoms with Crippen LogP contribution in [0.4, 0.5) is 28.6 Å². The van der Waals surface area contributed by atoms with Crippen LogP contribution in [0.25, 0.3) is 0 Å². The van der Waals surface area contributed by atoms with Crippen LogP contribution in [0.3, 0.4) is 0 Å². The summed E-state index contributed by atoms with van der Waals surface area (Å²) >= 11 is 5.32. The van der Waals surface area contributed by atoms with Gasteiger partial charge in [0.2, 0.25) is 11.0 Å². The van der Waals surface area contributed by atoms with Gasteiger partial charge < -0.3 is 20.0 Å². The number of likely N-dealkylation sites (N-methyl/N-ethyl adjacent to an activating group) is 4. The molecule has 0 atom stereocenters. The molecule has 0 unspecified atom stereocenters. The molecule has 18 nitrogen and oxygen atoms in total. The van der Waals surface area contributed by atoms with Crippen molar-refractivity contribution in [3.05, 3.63) is 70.1 Å². The van der Waals surface area contributed by atoms with E-state index in [-0.39, 0.29) is 24.1 Å². The van der Waals surface area contributed by atoms with Gasteiger partial charge in [0.15, 0.2) is 0 Å². The molecule has 40 heavy (non-hydrogen) atoms. The summed E-state index contributed by atoms with van der Waals surface area (Å²) in [6.07, 6.45) is 1.88. The van der Waals surface area contributed by atoms with E-state index in [0.29, 0.717) is 13.1 Å². The Morgan fingerprint density at radius 3 is 1.57 bits per heavy atom. The molecule has 0 bridgehead atoms. The standard InChI is InChI=1S/C10H15N5O4.C5H2ClN3O4.C5H14N2.CH4/c1-12(2)4-5-13(3)10-9(15(18)19)6-8(7-11-10)14(16)17;6-5-4(9(12)13)1-3(2-7-5)8(10)11;1-6-4-5-7(2)3;/h6-7H,4-5H2,1-3H3;1-2H;6H,4-5H2,1-3H3;1H4. The van der Waals surface area contributed by atoms with Crippen LogP contribution in [-0.2, 0) is 0 Å². The maximum Gasteiger partial charge on any atom is 0.318 e. The van der Waals surface area contributed by atoms with Gasteiger partial charge in [-0.2, -0.15) is 0 Å². The molecule has 0 aliphatic heterocycles. The Morgan fingerprint density at radius 2 is 1.20 bits per heavy atom. The fourth-order valence-corrected chi connectivity index (χ4v) is 2.58. The number of pyridine rings is 2. The molecule has 0 saturated heterocycles. The molecule has 2 aromatic rings. The summed E-state index contributed by atoms with van der Waals surface area (Å²) in [6, 6.07) is 1.68. The second kappa shape index (κ2) is 19.0. The highest BCUT2D eigenvalue weighted by Gasteiger charge is 2.23. The topological polar surface area (TPSA) is 220 Å². The fraction of sp³-hybridized carbons (Fsp3) is 0.524. The minimum atomic E-state index is -0.831. The van der Waals surface area contributed by atoms with E-state index >= 15 is 0 Å². The van der Waals surface area contributed by atoms with Gasteiger partial charge >= 0.3 is 11.4 Å². The lowest BCUT2D eigenvalue weighted by Gasteiger charge is -2.19. The zero-order valence-electron chi connectivity index (χ0n) is 22.3. The first-order chi connectivity index (χ1) is 18.1. The first kappa shape index (κ1) is 38.0. The first-order valence-corrected chi connectivity index (χ1v) is 11.4. The molecule has 2 rings (SSSR count). The summed E-state index contributed by atoms with van der Waals surface area (Å²) in [5, 5.41) is 44.7. The summed E-state index contributed by atoms with van der Waals surface area (Å²) in [5.41, 5.74) is -1.79. The Hall–Kier alpha value is -4.13. The Labute approximate surface area is 236 Å². The number of nitro groups is 4. The van der Waals surface area contributed by atoms with Gasteiger partial charge in [0.1, 0.15) is 12.4 Å². The number of halogens is 1. The van der Waals surface area contributed by atoms with Crippen LogP contribution in [0, 0.1) is 40.5 Å². The van der Waals surface area contributed by atoms with Crippen LogP contribution in [-0.4, -0.2) is 108 Å². The number of anilines is 1. The summed E-state index contributed by atoms with van der Waals surface area (Å²) in [4.78, 5) is 51.8. The highest BCUT2D eigenvalue weighted by Crippen LogP contribution is 2.28. The molecule has 0 amide bonds. The molecule has 224 valence electrons. The Kier molecular flexibility index (Phi) is 18.1. The number of hydrogen-bond donors (Lipinski definition) is 1. The zero-order chi connectivity index (χ0) is 30.3. The van der Waals surface area contributed by atoms with Gasteiger partial charge in [0.25, 0.3) is 11.4 Å². The molecule has 0 spiro atoms. The number of hydrogen-bond acceptors (Lipinski definition) is 14. The van der Waals surface area contributed by atoms with Crippen molar-refractivity contribution in [3.8, 4) is 0 Å². The SMILES string of the molecule is C.CN(C)CCN(C)c1ncc([N+](=O)[O-])cc1[N+](=O)[O-].CNCCN(C)C.O=[N+]([O-])c1cnc(Cl)c([N+](=O)[O-])c1. The molecule has 1 N–H and O–H groups in total. The molecule has 2 heterocycles. The van der Waals surface area contributed by atoms with Gasteiger partial charge in [-0.25, -0.2) is 9.97 Å². The number of rotatable bonds is 11. The number of nitrogens with one attached hydrogen (secondary N) is 1. The largest absolute Gasteiger partial charge is 0.353 e. The third-order valence-electron chi connectivity index (χ3n) is 4.51. The molecule has 0 aliphatic rings. The third kappa shape index (κ3) is 14.1. The molecule has 2 aromatic heterocycles. The number of nitrogens with zero attached hydrogens (tertiary/aromatic N) is 9. The van der Waals surface area contributed by atoms with E-state index in [0.717, 1.165) is 37.6 Å². The molecule has 0 aliphatic carbocycles. The number of aromatic nitrogens is 2. The fourth-order valence-electron chi connectivity index (χ4n) is 2.41. The van der Waals surface area contributed by atoms with Crippen molar-refractivity contribution in [3.63, 3.8) is 0 Å². The van der Waals surface area contributed by atoms with Crippen LogP contribution in [0.2, 0.25) is 5.15 Å². The normalized spacial score (nSPS) is 9.93. The van der Waals surface area contributed by atoms with Crippen molar-refractivity contribution in [2.24, 2.45) is 0 Å². The lowest BCUT2D eigenvalue weighted by atomic mass is 10.3. The summed E-state index contributed by atoms with van der Waals surface area (Å²) in [5.74, 6) is 0.123. The molecule has 0 saturated carbocycles. The van der Waals surface area contributed by atoms with Crippen LogP contribution in [0.5, 0.6) is 0 Å². The highest BCUT2D eigenvalue weighted by molar-refractivity contribution is 6.31. The van der Waals surface area contributed by atoms with E-state index in [4.69, 9.17) is 11.6 Å². The van der Waals surface area contributed by atoms with Crippen molar-refractivity contribution >= 4 is 40.2 Å². The minimum absolute atomic E-state index is 0. The van der Waals surface area contributed by atoms with Gasteiger partial charge in [-0.05, 0) is 35.2 Å². The second-order valence-corrected chi connectivity index (χ2v) is 8.56. The third-order valence-corrected chi connectivity index (χ3v) is 4.80. The maximum atomic E-state index is 10.9. The van der Waals surface area contributed by atoms with Crippen molar-refractivity contribution in [2.45, 2.75) is 7.43 Å². The Morgan fingerprint density at radius 1 is 0.750 bits per heavy atom.